The van der Waals surface area contributed by atoms with Crippen molar-refractivity contribution in [2.24, 2.45) is 0 Å². The zero-order chi connectivity index (χ0) is 14.8. The number of anilines is 2. The molecule has 3 rings (SSSR count). The summed E-state index contributed by atoms with van der Waals surface area (Å²) in [5.41, 5.74) is 4.11. The Morgan fingerprint density at radius 3 is 2.52 bits per heavy atom. The Morgan fingerprint density at radius 2 is 1.81 bits per heavy atom. The molecule has 0 aliphatic heterocycles. The van der Waals surface area contributed by atoms with E-state index in [1.54, 1.807) is 7.11 Å². The minimum atomic E-state index is -0.626. The second kappa shape index (κ2) is 5.72. The molecule has 0 saturated carbocycles. The van der Waals surface area contributed by atoms with Crippen LogP contribution in [0, 0.1) is 0 Å². The van der Waals surface area contributed by atoms with E-state index in [4.69, 9.17) is 4.74 Å². The first-order valence-corrected chi connectivity index (χ1v) is 7.02. The molecule has 2 aromatic rings. The maximum Gasteiger partial charge on any atom is 0.109 e. The molecule has 0 spiro atoms. The normalized spacial score (nSPS) is 20.1. The lowest BCUT2D eigenvalue weighted by atomic mass is 9.92. The van der Waals surface area contributed by atoms with E-state index in [1.807, 2.05) is 49.5 Å². The number of rotatable bonds is 3. The van der Waals surface area contributed by atoms with Crippen LogP contribution in [0.15, 0.2) is 54.6 Å². The molecule has 3 heteroatoms. The molecule has 1 aliphatic rings. The Balaban J connectivity index is 1.97. The first-order valence-electron chi connectivity index (χ1n) is 7.02. The van der Waals surface area contributed by atoms with Gasteiger partial charge < -0.3 is 14.7 Å². The SMILES string of the molecule is CO[C@H]1C=Cc2ccc(N(C)c3ccccc3)cc2[C@@H]1O. The Labute approximate surface area is 125 Å². The Hall–Kier alpha value is -2.10. The number of benzene rings is 2. The zero-order valence-corrected chi connectivity index (χ0v) is 12.2. The quantitative estimate of drug-likeness (QED) is 0.934. The van der Waals surface area contributed by atoms with Crippen molar-refractivity contribution in [1.82, 2.24) is 0 Å². The average Bonchev–Trinajstić information content (AvgIpc) is 2.55. The fraction of sp³-hybridized carbons (Fsp3) is 0.222. The Kier molecular flexibility index (Phi) is 3.78. The van der Waals surface area contributed by atoms with Crippen LogP contribution in [-0.2, 0) is 4.74 Å². The first kappa shape index (κ1) is 13.9. The van der Waals surface area contributed by atoms with E-state index < -0.39 is 6.10 Å². The number of nitrogens with zero attached hydrogens (tertiary/aromatic N) is 1. The van der Waals surface area contributed by atoms with E-state index in [0.29, 0.717) is 0 Å². The van der Waals surface area contributed by atoms with Crippen LogP contribution < -0.4 is 4.90 Å². The molecule has 0 radical (unpaired) electrons. The molecule has 0 fully saturated rings. The zero-order valence-electron chi connectivity index (χ0n) is 12.2. The minimum Gasteiger partial charge on any atom is -0.385 e. The molecular weight excluding hydrogens is 262 g/mol. The molecule has 3 nitrogen and oxygen atoms in total. The molecule has 0 aromatic heterocycles. The van der Waals surface area contributed by atoms with Crippen molar-refractivity contribution in [3.8, 4) is 0 Å². The van der Waals surface area contributed by atoms with Gasteiger partial charge in [-0.05, 0) is 35.4 Å². The van der Waals surface area contributed by atoms with Gasteiger partial charge in [-0.1, -0.05) is 36.4 Å². The highest BCUT2D eigenvalue weighted by Crippen LogP contribution is 2.34. The number of aliphatic hydroxyl groups excluding tert-OH is 1. The summed E-state index contributed by atoms with van der Waals surface area (Å²) >= 11 is 0. The molecule has 0 bridgehead atoms. The van der Waals surface area contributed by atoms with Crippen molar-refractivity contribution in [2.75, 3.05) is 19.1 Å². The number of aliphatic hydroxyl groups is 1. The number of para-hydroxylation sites is 1. The third kappa shape index (κ3) is 2.58. The minimum absolute atomic E-state index is 0.283. The highest BCUT2D eigenvalue weighted by atomic mass is 16.5. The van der Waals surface area contributed by atoms with Gasteiger partial charge in [-0.2, -0.15) is 0 Å². The lowest BCUT2D eigenvalue weighted by Crippen LogP contribution is -2.22. The topological polar surface area (TPSA) is 32.7 Å². The molecule has 0 saturated heterocycles. The lowest BCUT2D eigenvalue weighted by Gasteiger charge is -2.27. The van der Waals surface area contributed by atoms with Gasteiger partial charge in [-0.25, -0.2) is 0 Å². The van der Waals surface area contributed by atoms with E-state index in [2.05, 4.69) is 23.1 Å². The van der Waals surface area contributed by atoms with Gasteiger partial charge in [0.1, 0.15) is 12.2 Å². The van der Waals surface area contributed by atoms with Gasteiger partial charge in [0.2, 0.25) is 0 Å². The molecule has 1 aliphatic carbocycles. The fourth-order valence-corrected chi connectivity index (χ4v) is 2.67. The largest absolute Gasteiger partial charge is 0.385 e. The average molecular weight is 281 g/mol. The van der Waals surface area contributed by atoms with Gasteiger partial charge in [0.15, 0.2) is 0 Å². The third-order valence-electron chi connectivity index (χ3n) is 3.97. The van der Waals surface area contributed by atoms with E-state index in [-0.39, 0.29) is 6.10 Å². The summed E-state index contributed by atoms with van der Waals surface area (Å²) in [6.07, 6.45) is 2.99. The first-order chi connectivity index (χ1) is 10.2. The van der Waals surface area contributed by atoms with Crippen molar-refractivity contribution < 1.29 is 9.84 Å². The summed E-state index contributed by atoms with van der Waals surface area (Å²) in [4.78, 5) is 2.10. The summed E-state index contributed by atoms with van der Waals surface area (Å²) in [5, 5.41) is 10.4. The second-order valence-electron chi connectivity index (χ2n) is 5.21. The van der Waals surface area contributed by atoms with E-state index >= 15 is 0 Å². The number of fused-ring (bicyclic) bond motifs is 1. The molecule has 108 valence electrons. The molecule has 1 N–H and O–H groups in total. The standard InChI is InChI=1S/C18H19NO2/c1-19(14-6-4-3-5-7-14)15-10-8-13-9-11-17(21-2)18(20)16(13)12-15/h3-12,17-18,20H,1-2H3/t17-,18-/m0/s1. The molecule has 2 atom stereocenters. The summed E-state index contributed by atoms with van der Waals surface area (Å²) < 4.78 is 5.29. The van der Waals surface area contributed by atoms with Crippen LogP contribution in [0.1, 0.15) is 17.2 Å². The van der Waals surface area contributed by atoms with Gasteiger partial charge in [-0.3, -0.25) is 0 Å². The van der Waals surface area contributed by atoms with Gasteiger partial charge in [-0.15, -0.1) is 0 Å². The summed E-state index contributed by atoms with van der Waals surface area (Å²) in [6, 6.07) is 16.3. The molecule has 0 unspecified atom stereocenters. The van der Waals surface area contributed by atoms with Gasteiger partial charge in [0.25, 0.3) is 0 Å². The maximum absolute atomic E-state index is 10.4. The molecule has 0 heterocycles. The maximum atomic E-state index is 10.4. The number of ether oxygens (including phenoxy) is 1. The van der Waals surface area contributed by atoms with Crippen LogP contribution in [0.25, 0.3) is 6.08 Å². The molecular formula is C18H19NO2. The second-order valence-corrected chi connectivity index (χ2v) is 5.21. The highest BCUT2D eigenvalue weighted by Gasteiger charge is 2.24. The summed E-state index contributed by atoms with van der Waals surface area (Å²) in [7, 11) is 3.64. The predicted molar refractivity (Wildman–Crippen MR) is 85.7 cm³/mol. The lowest BCUT2D eigenvalue weighted by molar-refractivity contribution is 0.0150. The number of hydrogen-bond acceptors (Lipinski definition) is 3. The van der Waals surface area contributed by atoms with Crippen molar-refractivity contribution in [3.63, 3.8) is 0 Å². The van der Waals surface area contributed by atoms with Crippen LogP contribution in [0.3, 0.4) is 0 Å². The fourth-order valence-electron chi connectivity index (χ4n) is 2.67. The Bertz CT molecular complexity index is 652. The number of hydrogen-bond donors (Lipinski definition) is 1. The summed E-state index contributed by atoms with van der Waals surface area (Å²) in [6.45, 7) is 0. The smallest absolute Gasteiger partial charge is 0.109 e. The van der Waals surface area contributed by atoms with Crippen molar-refractivity contribution in [3.05, 3.63) is 65.7 Å². The van der Waals surface area contributed by atoms with Crippen molar-refractivity contribution >= 4 is 17.5 Å². The van der Waals surface area contributed by atoms with E-state index in [0.717, 1.165) is 22.5 Å². The van der Waals surface area contributed by atoms with Crippen LogP contribution in [0.5, 0.6) is 0 Å². The molecule has 21 heavy (non-hydrogen) atoms. The highest BCUT2D eigenvalue weighted by molar-refractivity contribution is 5.68. The van der Waals surface area contributed by atoms with Crippen LogP contribution >= 0.6 is 0 Å². The van der Waals surface area contributed by atoms with Crippen LogP contribution in [0.4, 0.5) is 11.4 Å². The van der Waals surface area contributed by atoms with Gasteiger partial charge in [0, 0.05) is 25.5 Å². The van der Waals surface area contributed by atoms with Crippen LogP contribution in [-0.4, -0.2) is 25.4 Å². The van der Waals surface area contributed by atoms with E-state index in [1.165, 1.54) is 0 Å². The Morgan fingerprint density at radius 1 is 1.05 bits per heavy atom. The molecule has 0 amide bonds. The van der Waals surface area contributed by atoms with Crippen molar-refractivity contribution in [1.29, 1.82) is 0 Å². The van der Waals surface area contributed by atoms with E-state index in [9.17, 15) is 5.11 Å². The monoisotopic (exact) mass is 281 g/mol. The number of methoxy groups -OCH3 is 1. The van der Waals surface area contributed by atoms with Crippen LogP contribution in [0.2, 0.25) is 0 Å². The predicted octanol–water partition coefficient (Wildman–Crippen LogP) is 3.53. The van der Waals surface area contributed by atoms with Gasteiger partial charge in [0.05, 0.1) is 0 Å². The molecule has 2 aromatic carbocycles. The summed E-state index contributed by atoms with van der Waals surface area (Å²) in [5.74, 6) is 0. The van der Waals surface area contributed by atoms with Gasteiger partial charge >= 0.3 is 0 Å². The third-order valence-corrected chi connectivity index (χ3v) is 3.97. The van der Waals surface area contributed by atoms with Crippen molar-refractivity contribution in [2.45, 2.75) is 12.2 Å².